The maximum absolute atomic E-state index is 13.9. The normalized spacial score (nSPS) is 18.4. The van der Waals surface area contributed by atoms with Crippen molar-refractivity contribution in [3.63, 3.8) is 0 Å². The maximum atomic E-state index is 13.9. The maximum Gasteiger partial charge on any atom is 0.416 e. The van der Waals surface area contributed by atoms with Crippen LogP contribution in [0.3, 0.4) is 0 Å². The Hall–Kier alpha value is -5.60. The van der Waals surface area contributed by atoms with Crippen molar-refractivity contribution in [2.75, 3.05) is 26.2 Å². The zero-order chi connectivity index (χ0) is 53.0. The minimum atomic E-state index is -4.52. The Morgan fingerprint density at radius 3 is 1.54 bits per heavy atom. The second-order valence-corrected chi connectivity index (χ2v) is 20.3. The van der Waals surface area contributed by atoms with Crippen molar-refractivity contribution in [3.05, 3.63) is 189 Å². The zero-order valence-electron chi connectivity index (χ0n) is 41.3. The van der Waals surface area contributed by atoms with Crippen molar-refractivity contribution in [2.24, 2.45) is 0 Å². The van der Waals surface area contributed by atoms with E-state index in [0.29, 0.717) is 49.4 Å². The summed E-state index contributed by atoms with van der Waals surface area (Å²) in [6, 6.07) is 33.6. The largest absolute Gasteiger partial charge is 0.416 e. The van der Waals surface area contributed by atoms with Gasteiger partial charge in [-0.25, -0.2) is 0 Å². The van der Waals surface area contributed by atoms with E-state index >= 15 is 0 Å². The number of hydrogen-bond acceptors (Lipinski definition) is 2. The Balaban J connectivity index is 1.01. The van der Waals surface area contributed by atoms with Crippen LogP contribution in [0.5, 0.6) is 0 Å². The summed E-state index contributed by atoms with van der Waals surface area (Å²) >= 11 is 0. The molecule has 0 spiro atoms. The second-order valence-electron chi connectivity index (χ2n) is 20.3. The molecule has 0 N–H and O–H groups in total. The summed E-state index contributed by atoms with van der Waals surface area (Å²) in [5, 5.41) is 0. The summed E-state index contributed by atoms with van der Waals surface area (Å²) in [7, 11) is 0. The van der Waals surface area contributed by atoms with E-state index in [1.54, 1.807) is 12.1 Å². The number of nitrogens with zero attached hydrogens (tertiary/aromatic N) is 2. The molecule has 2 aliphatic heterocycles. The zero-order valence-corrected chi connectivity index (χ0v) is 41.3. The van der Waals surface area contributed by atoms with Gasteiger partial charge in [-0.05, 0) is 174 Å². The van der Waals surface area contributed by atoms with E-state index in [1.807, 2.05) is 11.0 Å². The smallest absolute Gasteiger partial charge is 0.298 e. The molecule has 74 heavy (non-hydrogen) atoms. The number of hydrogen-bond donors (Lipinski definition) is 0. The summed E-state index contributed by atoms with van der Waals surface area (Å²) in [6.07, 6.45) is -11.7. The number of halogens is 12. The van der Waals surface area contributed by atoms with Crippen LogP contribution in [0.2, 0.25) is 0 Å². The number of alkyl halides is 12. The number of likely N-dealkylation sites (tertiary alicyclic amines) is 2. The molecule has 0 amide bonds. The molecular weight excluding hydrogens is 977 g/mol. The molecule has 0 saturated carbocycles. The molecule has 4 atom stereocenters. The molecule has 2 heterocycles. The van der Waals surface area contributed by atoms with Crippen molar-refractivity contribution < 1.29 is 52.7 Å². The van der Waals surface area contributed by atoms with Gasteiger partial charge in [0.15, 0.2) is 0 Å². The van der Waals surface area contributed by atoms with Crippen LogP contribution in [-0.2, 0) is 37.8 Å². The molecule has 4 unspecified atom stereocenters. The average Bonchev–Trinajstić information content (AvgIpc) is 3.37. The lowest BCUT2D eigenvalue weighted by Crippen LogP contribution is -2.34. The van der Waals surface area contributed by atoms with Gasteiger partial charge in [-0.15, -0.1) is 0 Å². The highest BCUT2D eigenvalue weighted by Crippen LogP contribution is 2.43. The molecule has 6 aromatic rings. The molecule has 0 aromatic heterocycles. The van der Waals surface area contributed by atoms with E-state index in [-0.39, 0.29) is 35.8 Å². The average molecular weight is 1040 g/mol. The first kappa shape index (κ1) is 54.7. The van der Waals surface area contributed by atoms with Gasteiger partial charge in [-0.1, -0.05) is 117 Å². The van der Waals surface area contributed by atoms with Crippen LogP contribution in [0.1, 0.15) is 145 Å². The highest BCUT2D eigenvalue weighted by molar-refractivity contribution is 5.71. The quantitative estimate of drug-likeness (QED) is 0.0946. The molecule has 0 bridgehead atoms. The molecule has 14 heteroatoms. The van der Waals surface area contributed by atoms with Crippen molar-refractivity contribution in [3.8, 4) is 22.3 Å². The molecule has 2 fully saturated rings. The van der Waals surface area contributed by atoms with Crippen molar-refractivity contribution in [2.45, 2.75) is 127 Å². The summed E-state index contributed by atoms with van der Waals surface area (Å²) in [4.78, 5) is 4.16. The topological polar surface area (TPSA) is 6.48 Å². The van der Waals surface area contributed by atoms with E-state index in [1.165, 1.54) is 48.5 Å². The number of rotatable bonds is 15. The molecular formula is C60H60F12N2. The fourth-order valence-corrected chi connectivity index (χ4v) is 11.2. The molecule has 2 aliphatic rings. The molecule has 6 aromatic carbocycles. The Labute approximate surface area is 425 Å². The van der Waals surface area contributed by atoms with Crippen molar-refractivity contribution in [1.29, 1.82) is 0 Å². The van der Waals surface area contributed by atoms with E-state index in [2.05, 4.69) is 49.1 Å². The minimum absolute atomic E-state index is 0.0153. The fourth-order valence-electron chi connectivity index (χ4n) is 11.2. The summed E-state index contributed by atoms with van der Waals surface area (Å²) in [5.74, 6) is 0.0648. The van der Waals surface area contributed by atoms with Gasteiger partial charge in [0.05, 0.1) is 22.3 Å². The van der Waals surface area contributed by atoms with E-state index in [4.69, 9.17) is 0 Å². The summed E-state index contributed by atoms with van der Waals surface area (Å²) in [6.45, 7) is 7.02. The van der Waals surface area contributed by atoms with E-state index in [0.717, 1.165) is 121 Å². The third kappa shape index (κ3) is 13.4. The molecule has 0 aliphatic carbocycles. The standard InChI is InChI=1S/C60H60F12N2/c1-3-41(45-23-29-53(55(34-45)43-20-26-50(27-21-43)58(64,65)66)46-14-8-30-73(36-46)35-40-11-7-16-51(32-40)59(67,68)69)13-6-10-39(2)44-22-28-52(54(33-44)42-18-24-49(25-19-42)57(61,62)63)47-15-9-31-74(37-47)38-48-12-4-5-17-56(48)60(70,71)72/h4-5,7,11-12,16-29,32-34,39,41,46-47H,3,6,8-10,13-15,30-31,35-38H2,1-2H3. The van der Waals surface area contributed by atoms with Crippen LogP contribution < -0.4 is 0 Å². The monoisotopic (exact) mass is 1040 g/mol. The second kappa shape index (κ2) is 22.7. The van der Waals surface area contributed by atoms with Gasteiger partial charge in [0.25, 0.3) is 0 Å². The van der Waals surface area contributed by atoms with Crippen LogP contribution in [0, 0.1) is 0 Å². The Bertz CT molecular complexity index is 2810. The van der Waals surface area contributed by atoms with Crippen LogP contribution >= 0.6 is 0 Å². The highest BCUT2D eigenvalue weighted by atomic mass is 19.4. The first-order valence-corrected chi connectivity index (χ1v) is 25.4. The van der Waals surface area contributed by atoms with Gasteiger partial charge >= 0.3 is 24.7 Å². The summed E-state index contributed by atoms with van der Waals surface area (Å²) < 4.78 is 165. The Morgan fingerprint density at radius 2 is 1.01 bits per heavy atom. The van der Waals surface area contributed by atoms with Crippen LogP contribution in [-0.4, -0.2) is 36.0 Å². The SMILES string of the molecule is CCC(CCCC(C)c1ccc(C2CCCN(Cc3ccccc3C(F)(F)F)C2)c(-c2ccc(C(F)(F)F)cc2)c1)c1ccc(C2CCCN(Cc3cccc(C(F)(F)F)c3)C2)c(-c2ccc(C(F)(F)F)cc2)c1. The van der Waals surface area contributed by atoms with Crippen LogP contribution in [0.15, 0.2) is 133 Å². The van der Waals surface area contributed by atoms with E-state index < -0.39 is 47.0 Å². The molecule has 8 rings (SSSR count). The van der Waals surface area contributed by atoms with Gasteiger partial charge < -0.3 is 0 Å². The first-order valence-electron chi connectivity index (χ1n) is 25.4. The third-order valence-corrected chi connectivity index (χ3v) is 15.2. The molecule has 394 valence electrons. The molecule has 2 saturated heterocycles. The fraction of sp³-hybridized carbons (Fsp3) is 0.400. The Morgan fingerprint density at radius 1 is 0.500 bits per heavy atom. The van der Waals surface area contributed by atoms with Gasteiger partial charge in [-0.2, -0.15) is 52.7 Å². The lowest BCUT2D eigenvalue weighted by molar-refractivity contribution is -0.139. The van der Waals surface area contributed by atoms with Crippen LogP contribution in [0.4, 0.5) is 52.7 Å². The lowest BCUT2D eigenvalue weighted by Gasteiger charge is -2.34. The first-order chi connectivity index (χ1) is 35.0. The highest BCUT2D eigenvalue weighted by Gasteiger charge is 2.36. The predicted molar refractivity (Wildman–Crippen MR) is 266 cm³/mol. The minimum Gasteiger partial charge on any atom is -0.298 e. The predicted octanol–water partition coefficient (Wildman–Crippen LogP) is 18.3. The Kier molecular flexibility index (Phi) is 16.8. The molecule has 2 nitrogen and oxygen atoms in total. The summed E-state index contributed by atoms with van der Waals surface area (Å²) in [5.41, 5.74) is 4.72. The lowest BCUT2D eigenvalue weighted by atomic mass is 9.81. The third-order valence-electron chi connectivity index (χ3n) is 15.2. The van der Waals surface area contributed by atoms with Gasteiger partial charge in [0.2, 0.25) is 0 Å². The van der Waals surface area contributed by atoms with Gasteiger partial charge in [-0.3, -0.25) is 9.80 Å². The van der Waals surface area contributed by atoms with Crippen molar-refractivity contribution in [1.82, 2.24) is 9.80 Å². The molecule has 0 radical (unpaired) electrons. The van der Waals surface area contributed by atoms with Gasteiger partial charge in [0, 0.05) is 26.2 Å². The number of benzene rings is 6. The number of piperidine rings is 2. The van der Waals surface area contributed by atoms with E-state index in [9.17, 15) is 52.7 Å². The van der Waals surface area contributed by atoms with Crippen LogP contribution in [0.25, 0.3) is 22.3 Å². The van der Waals surface area contributed by atoms with Gasteiger partial charge in [0.1, 0.15) is 0 Å². The van der Waals surface area contributed by atoms with Crippen molar-refractivity contribution >= 4 is 0 Å².